The summed E-state index contributed by atoms with van der Waals surface area (Å²) in [4.78, 5) is 59.2. The predicted molar refractivity (Wildman–Crippen MR) is 231 cm³/mol. The summed E-state index contributed by atoms with van der Waals surface area (Å²) in [7, 11) is 3.64. The molecule has 2 N–H and O–H groups in total. The second-order valence-corrected chi connectivity index (χ2v) is 18.8. The first kappa shape index (κ1) is 42.3. The van der Waals surface area contributed by atoms with Crippen LogP contribution in [0.4, 0.5) is 4.79 Å². The highest BCUT2D eigenvalue weighted by Gasteiger charge is 2.57. The quantitative estimate of drug-likeness (QED) is 0.132. The van der Waals surface area contributed by atoms with Gasteiger partial charge in [-0.2, -0.15) is 17.0 Å². The second-order valence-electron chi connectivity index (χ2n) is 17.7. The molecule has 12 nitrogen and oxygen atoms in total. The van der Waals surface area contributed by atoms with E-state index < -0.39 is 60.0 Å². The summed E-state index contributed by atoms with van der Waals surface area (Å²) in [6.45, 7) is 10.2. The third kappa shape index (κ3) is 7.22. The van der Waals surface area contributed by atoms with E-state index in [1.807, 2.05) is 50.1 Å². The van der Waals surface area contributed by atoms with E-state index in [-0.39, 0.29) is 47.1 Å². The van der Waals surface area contributed by atoms with Crippen molar-refractivity contribution in [2.45, 2.75) is 102 Å². The molecule has 6 atom stereocenters. The average Bonchev–Trinajstić information content (AvgIpc) is 3.53. The first-order valence-electron chi connectivity index (χ1n) is 20.8. The molecule has 1 saturated heterocycles. The molecule has 2 bridgehead atoms. The number of nitriles is 1. The zero-order valence-electron chi connectivity index (χ0n) is 35.8. The number of benzene rings is 3. The Balaban J connectivity index is 1.12. The molecule has 0 saturated carbocycles. The maximum Gasteiger partial charge on any atom is 0.408 e. The molecule has 1 fully saturated rings. The smallest absolute Gasteiger partial charge is 0.408 e. The number of piperazine rings is 1. The number of aliphatic hydroxyl groups excluding tert-OH is 1. The molecule has 1 amide bonds. The minimum Gasteiger partial charge on any atom is -0.507 e. The van der Waals surface area contributed by atoms with Gasteiger partial charge in [0.05, 0.1) is 25.3 Å². The molecule has 2 aliphatic carbocycles. The van der Waals surface area contributed by atoms with Gasteiger partial charge in [0.25, 0.3) is 0 Å². The highest BCUT2D eigenvalue weighted by molar-refractivity contribution is 7.99. The van der Waals surface area contributed by atoms with Crippen LogP contribution in [0.5, 0.6) is 5.75 Å². The zero-order chi connectivity index (χ0) is 43.7. The predicted octanol–water partition coefficient (Wildman–Crippen LogP) is 6.82. The standard InChI is InChI=1S/C48H52N4O8S/c1-24-17-27-18-35-37(20-49)52-36(41(51(35)7)39(27)25(2)45(24)58-8)19-32-40(44(55)43(54)26(3)42(32)53)38(52)21-59-46(56)34(50-47(57)60-48(4,5)6)23-61-22-33-30-15-11-9-13-28(30)29-14-10-12-16-31(29)33/h9-17,33-38,41,53H,18-19,21-23H2,1-8H3,(H,50,57)/t34-,35+,36+,37+,38+,41+/m1/s1. The van der Waals surface area contributed by atoms with Crippen molar-refractivity contribution in [1.82, 2.24) is 15.1 Å². The van der Waals surface area contributed by atoms with E-state index in [0.717, 1.165) is 28.0 Å². The minimum atomic E-state index is -1.15. The number of likely N-dealkylation sites (N-methyl/N-ethyl adjacent to an activating group) is 1. The number of hydrogen-bond acceptors (Lipinski definition) is 12. The summed E-state index contributed by atoms with van der Waals surface area (Å²) in [6.07, 6.45) is -0.0757. The number of Topliss-reactive ketones (excluding diaryl/α,β-unsaturated/α-hetero) is 2. The van der Waals surface area contributed by atoms with E-state index >= 15 is 0 Å². The Morgan fingerprint density at radius 1 is 1.00 bits per heavy atom. The summed E-state index contributed by atoms with van der Waals surface area (Å²) >= 11 is 1.50. The second kappa shape index (κ2) is 16.1. The normalized spacial score (nSPS) is 23.9. The van der Waals surface area contributed by atoms with Crippen molar-refractivity contribution in [3.8, 4) is 22.9 Å². The SMILES string of the molecule is COc1c(C)cc2c(c1C)[C@@H]1[C@@H]3CC4=C(C(=O)C(=O)C(C)=C4O)[C@H](COC(=O)[C@@H](CSCC4c5ccccc5-c5ccccc54)NC(=O)OC(C)(C)C)N3[C@@H](C#N)[C@H](C2)N1C. The molecule has 61 heavy (non-hydrogen) atoms. The molecule has 8 rings (SSSR count). The van der Waals surface area contributed by atoms with Crippen molar-refractivity contribution in [1.29, 1.82) is 5.26 Å². The van der Waals surface area contributed by atoms with Gasteiger partial charge in [-0.3, -0.25) is 19.4 Å². The van der Waals surface area contributed by atoms with Crippen molar-refractivity contribution in [2.24, 2.45) is 0 Å². The Morgan fingerprint density at radius 3 is 2.28 bits per heavy atom. The van der Waals surface area contributed by atoms with Crippen LogP contribution in [0.15, 0.2) is 77.1 Å². The number of nitrogens with zero attached hydrogens (tertiary/aromatic N) is 3. The minimum absolute atomic E-state index is 0.0306. The fourth-order valence-electron chi connectivity index (χ4n) is 10.5. The van der Waals surface area contributed by atoms with E-state index in [2.05, 4.69) is 46.6 Å². The molecule has 3 aromatic carbocycles. The third-order valence-corrected chi connectivity index (χ3v) is 14.2. The van der Waals surface area contributed by atoms with Gasteiger partial charge >= 0.3 is 12.1 Å². The number of ether oxygens (including phenoxy) is 3. The lowest BCUT2D eigenvalue weighted by Crippen LogP contribution is -2.70. The van der Waals surface area contributed by atoms with Gasteiger partial charge in [0, 0.05) is 46.2 Å². The van der Waals surface area contributed by atoms with Gasteiger partial charge in [-0.05, 0) is 106 Å². The summed E-state index contributed by atoms with van der Waals surface area (Å²) < 4.78 is 17.6. The fourth-order valence-corrected chi connectivity index (χ4v) is 11.7. The number of amides is 1. The molecular formula is C48H52N4O8S. The van der Waals surface area contributed by atoms with Crippen LogP contribution in [0.2, 0.25) is 0 Å². The van der Waals surface area contributed by atoms with E-state index in [9.17, 15) is 29.5 Å². The van der Waals surface area contributed by atoms with Crippen molar-refractivity contribution in [3.63, 3.8) is 0 Å². The topological polar surface area (TPSA) is 158 Å². The lowest BCUT2D eigenvalue weighted by Gasteiger charge is -2.60. The molecule has 3 aromatic rings. The van der Waals surface area contributed by atoms with Gasteiger partial charge in [0.2, 0.25) is 11.6 Å². The first-order valence-corrected chi connectivity index (χ1v) is 21.9. The molecular weight excluding hydrogens is 793 g/mol. The largest absolute Gasteiger partial charge is 0.507 e. The fraction of sp³-hybridized carbons (Fsp3) is 0.438. The van der Waals surface area contributed by atoms with Crippen molar-refractivity contribution < 1.29 is 38.5 Å². The monoisotopic (exact) mass is 844 g/mol. The lowest BCUT2D eigenvalue weighted by atomic mass is 9.69. The highest BCUT2D eigenvalue weighted by atomic mass is 32.2. The Bertz CT molecular complexity index is 2420. The van der Waals surface area contributed by atoms with Gasteiger partial charge in [-0.25, -0.2) is 9.59 Å². The molecule has 3 heterocycles. The number of aliphatic hydroxyl groups is 1. The molecule has 5 aliphatic rings. The van der Waals surface area contributed by atoms with E-state index in [4.69, 9.17) is 14.2 Å². The van der Waals surface area contributed by atoms with Crippen LogP contribution in [-0.2, 0) is 30.3 Å². The molecule has 0 spiro atoms. The summed E-state index contributed by atoms with van der Waals surface area (Å²) in [5, 5.41) is 25.3. The number of ketones is 2. The van der Waals surface area contributed by atoms with E-state index in [0.29, 0.717) is 17.7 Å². The van der Waals surface area contributed by atoms with Crippen molar-refractivity contribution in [3.05, 3.63) is 110 Å². The summed E-state index contributed by atoms with van der Waals surface area (Å²) in [5.41, 5.74) is 8.32. The molecule has 13 heteroatoms. The number of aryl methyl sites for hydroxylation is 1. The van der Waals surface area contributed by atoms with Crippen LogP contribution in [0.1, 0.15) is 79.5 Å². The number of carbonyl (C=O) groups is 4. The summed E-state index contributed by atoms with van der Waals surface area (Å²) in [6, 6.07) is 17.1. The van der Waals surface area contributed by atoms with Crippen LogP contribution in [-0.4, -0.2) is 107 Å². The number of nitrogens with one attached hydrogen (secondary N) is 1. The number of hydrogen-bond donors (Lipinski definition) is 2. The Morgan fingerprint density at radius 2 is 1.66 bits per heavy atom. The van der Waals surface area contributed by atoms with E-state index in [1.54, 1.807) is 27.9 Å². The Hall–Kier alpha value is -5.42. The number of allylic oxidation sites excluding steroid dienone is 2. The van der Waals surface area contributed by atoms with Crippen LogP contribution < -0.4 is 10.1 Å². The maximum absolute atomic E-state index is 14.4. The summed E-state index contributed by atoms with van der Waals surface area (Å²) in [5.74, 6) is -1.06. The number of fused-ring (bicyclic) bond motifs is 9. The lowest BCUT2D eigenvalue weighted by molar-refractivity contribution is -0.150. The number of methoxy groups -OCH3 is 1. The van der Waals surface area contributed by atoms with Gasteiger partial charge < -0.3 is 24.6 Å². The molecule has 318 valence electrons. The Kier molecular flexibility index (Phi) is 11.2. The van der Waals surface area contributed by atoms with Crippen LogP contribution in [0.3, 0.4) is 0 Å². The van der Waals surface area contributed by atoms with Crippen LogP contribution in [0, 0.1) is 25.2 Å². The van der Waals surface area contributed by atoms with Crippen LogP contribution >= 0.6 is 11.8 Å². The number of rotatable bonds is 9. The number of thioether (sulfide) groups is 1. The van der Waals surface area contributed by atoms with Crippen LogP contribution in [0.25, 0.3) is 11.1 Å². The average molecular weight is 845 g/mol. The molecule has 3 aliphatic heterocycles. The number of carbonyl (C=O) groups excluding carboxylic acids is 4. The van der Waals surface area contributed by atoms with E-state index in [1.165, 1.54) is 40.9 Å². The Labute approximate surface area is 360 Å². The third-order valence-electron chi connectivity index (χ3n) is 13.1. The van der Waals surface area contributed by atoms with Gasteiger partial charge in [-0.15, -0.1) is 0 Å². The van der Waals surface area contributed by atoms with Gasteiger partial charge in [-0.1, -0.05) is 54.6 Å². The number of esters is 1. The van der Waals surface area contributed by atoms with Crippen molar-refractivity contribution >= 4 is 35.4 Å². The molecule has 0 aromatic heterocycles. The first-order chi connectivity index (χ1) is 29.1. The number of alkyl carbamates (subject to hydrolysis) is 1. The zero-order valence-corrected chi connectivity index (χ0v) is 36.6. The van der Waals surface area contributed by atoms with Gasteiger partial charge in [0.1, 0.15) is 35.8 Å². The highest BCUT2D eigenvalue weighted by Crippen LogP contribution is 2.52. The molecule has 0 radical (unpaired) electrons. The molecule has 0 unspecified atom stereocenters. The van der Waals surface area contributed by atoms with Gasteiger partial charge in [0.15, 0.2) is 0 Å². The maximum atomic E-state index is 14.4. The van der Waals surface area contributed by atoms with Crippen molar-refractivity contribution in [2.75, 3.05) is 32.3 Å².